The van der Waals surface area contributed by atoms with Gasteiger partial charge in [-0.25, -0.2) is 0 Å². The number of rotatable bonds is 8. The summed E-state index contributed by atoms with van der Waals surface area (Å²) in [5.74, 6) is -0.370. The van der Waals surface area contributed by atoms with Crippen molar-refractivity contribution in [2.24, 2.45) is 5.92 Å². The normalized spacial score (nSPS) is 14.9. The highest BCUT2D eigenvalue weighted by atomic mass is 35.5. The number of ether oxygens (including phenoxy) is 1. The lowest BCUT2D eigenvalue weighted by atomic mass is 9.95. The van der Waals surface area contributed by atoms with Gasteiger partial charge in [0.2, 0.25) is 5.91 Å². The third-order valence-corrected chi connectivity index (χ3v) is 6.11. The molecule has 0 bridgehead atoms. The van der Waals surface area contributed by atoms with Gasteiger partial charge in [-0.05, 0) is 55.8 Å². The van der Waals surface area contributed by atoms with Crippen molar-refractivity contribution in [1.29, 1.82) is 0 Å². The molecular formula is C23H27Cl2N3O3. The van der Waals surface area contributed by atoms with Gasteiger partial charge in [0.1, 0.15) is 0 Å². The van der Waals surface area contributed by atoms with Crippen LogP contribution in [0.4, 0.5) is 5.69 Å². The number of carbonyl (C=O) groups is 2. The Labute approximate surface area is 192 Å². The minimum absolute atomic E-state index is 0.0497. The van der Waals surface area contributed by atoms with Gasteiger partial charge >= 0.3 is 0 Å². The molecule has 31 heavy (non-hydrogen) atoms. The van der Waals surface area contributed by atoms with Crippen LogP contribution in [0.2, 0.25) is 10.0 Å². The first kappa shape index (κ1) is 23.5. The minimum atomic E-state index is -0.232. The second-order valence-electron chi connectivity index (χ2n) is 7.58. The first-order valence-electron chi connectivity index (χ1n) is 10.3. The molecule has 0 radical (unpaired) electrons. The van der Waals surface area contributed by atoms with Gasteiger partial charge in [0.05, 0.1) is 27.9 Å². The van der Waals surface area contributed by atoms with Crippen molar-refractivity contribution in [2.75, 3.05) is 38.7 Å². The van der Waals surface area contributed by atoms with Crippen molar-refractivity contribution in [3.05, 3.63) is 63.6 Å². The zero-order valence-corrected chi connectivity index (χ0v) is 19.0. The van der Waals surface area contributed by atoms with Crippen LogP contribution in [0.25, 0.3) is 0 Å². The summed E-state index contributed by atoms with van der Waals surface area (Å²) in [5.41, 5.74) is 2.08. The molecule has 0 unspecified atom stereocenters. The van der Waals surface area contributed by atoms with Crippen molar-refractivity contribution in [1.82, 2.24) is 10.2 Å². The summed E-state index contributed by atoms with van der Waals surface area (Å²) in [6.45, 7) is 3.25. The summed E-state index contributed by atoms with van der Waals surface area (Å²) in [7, 11) is 1.58. The zero-order chi connectivity index (χ0) is 22.2. The van der Waals surface area contributed by atoms with E-state index in [4.69, 9.17) is 27.9 Å². The van der Waals surface area contributed by atoms with Crippen molar-refractivity contribution in [2.45, 2.75) is 19.4 Å². The molecule has 1 fully saturated rings. The second kappa shape index (κ2) is 11.5. The number of piperidine rings is 1. The number of methoxy groups -OCH3 is 1. The topological polar surface area (TPSA) is 70.7 Å². The van der Waals surface area contributed by atoms with Crippen molar-refractivity contribution in [3.8, 4) is 0 Å². The molecule has 2 aromatic rings. The molecule has 3 rings (SSSR count). The lowest BCUT2D eigenvalue weighted by molar-refractivity contribution is -0.121. The van der Waals surface area contributed by atoms with Crippen LogP contribution in [0, 0.1) is 5.92 Å². The molecule has 0 aliphatic carbocycles. The molecule has 1 heterocycles. The zero-order valence-electron chi connectivity index (χ0n) is 17.5. The highest BCUT2D eigenvalue weighted by Gasteiger charge is 2.26. The fourth-order valence-corrected chi connectivity index (χ4v) is 3.96. The number of hydrogen-bond acceptors (Lipinski definition) is 4. The Hall–Kier alpha value is -2.12. The van der Waals surface area contributed by atoms with E-state index in [1.807, 2.05) is 18.2 Å². The Morgan fingerprint density at radius 3 is 2.55 bits per heavy atom. The fraction of sp³-hybridized carbons (Fsp3) is 0.391. The van der Waals surface area contributed by atoms with Crippen LogP contribution in [-0.2, 0) is 16.1 Å². The third kappa shape index (κ3) is 6.68. The van der Waals surface area contributed by atoms with Crippen LogP contribution in [0.5, 0.6) is 0 Å². The number of likely N-dealkylation sites (tertiary alicyclic amines) is 1. The van der Waals surface area contributed by atoms with E-state index in [0.29, 0.717) is 34.4 Å². The Bertz CT molecular complexity index is 915. The lowest BCUT2D eigenvalue weighted by Crippen LogP contribution is -2.38. The van der Waals surface area contributed by atoms with Crippen molar-refractivity contribution < 1.29 is 14.3 Å². The average Bonchev–Trinajstić information content (AvgIpc) is 2.77. The molecule has 0 atom stereocenters. The highest BCUT2D eigenvalue weighted by Crippen LogP contribution is 2.26. The minimum Gasteiger partial charge on any atom is -0.383 e. The number of benzene rings is 2. The van der Waals surface area contributed by atoms with E-state index in [1.54, 1.807) is 31.4 Å². The van der Waals surface area contributed by atoms with Crippen LogP contribution in [0.1, 0.15) is 28.8 Å². The van der Waals surface area contributed by atoms with Crippen molar-refractivity contribution >= 4 is 40.7 Å². The van der Waals surface area contributed by atoms with Crippen LogP contribution >= 0.6 is 23.2 Å². The molecular weight excluding hydrogens is 437 g/mol. The Morgan fingerprint density at radius 1 is 1.10 bits per heavy atom. The molecule has 8 heteroatoms. The molecule has 0 spiro atoms. The Morgan fingerprint density at radius 2 is 1.84 bits per heavy atom. The van der Waals surface area contributed by atoms with E-state index in [1.165, 1.54) is 0 Å². The molecule has 2 aromatic carbocycles. The van der Waals surface area contributed by atoms with E-state index < -0.39 is 0 Å². The highest BCUT2D eigenvalue weighted by molar-refractivity contribution is 6.42. The maximum atomic E-state index is 12.8. The summed E-state index contributed by atoms with van der Waals surface area (Å²) >= 11 is 12.1. The average molecular weight is 464 g/mol. The molecule has 166 valence electrons. The number of amides is 2. The lowest BCUT2D eigenvalue weighted by Gasteiger charge is -2.31. The number of anilines is 1. The number of halogens is 2. The largest absolute Gasteiger partial charge is 0.383 e. The summed E-state index contributed by atoms with van der Waals surface area (Å²) in [6.07, 6.45) is 1.52. The van der Waals surface area contributed by atoms with Gasteiger partial charge < -0.3 is 15.4 Å². The van der Waals surface area contributed by atoms with Gasteiger partial charge in [-0.1, -0.05) is 41.4 Å². The van der Waals surface area contributed by atoms with Gasteiger partial charge in [-0.15, -0.1) is 0 Å². The van der Waals surface area contributed by atoms with Crippen LogP contribution < -0.4 is 10.6 Å². The number of carbonyl (C=O) groups excluding carboxylic acids is 2. The first-order valence-corrected chi connectivity index (χ1v) is 11.1. The van der Waals surface area contributed by atoms with Crippen molar-refractivity contribution in [3.63, 3.8) is 0 Å². The SMILES string of the molecule is COCCNC(=O)c1ccccc1NC(=O)C1CCN(Cc2ccc(Cl)c(Cl)c2)CC1. The van der Waals surface area contributed by atoms with E-state index in [2.05, 4.69) is 15.5 Å². The molecule has 6 nitrogen and oxygen atoms in total. The van der Waals surface area contributed by atoms with Gasteiger partial charge in [-0.2, -0.15) is 0 Å². The summed E-state index contributed by atoms with van der Waals surface area (Å²) in [5, 5.41) is 6.84. The quantitative estimate of drug-likeness (QED) is 0.574. The number of para-hydroxylation sites is 1. The van der Waals surface area contributed by atoms with E-state index in [0.717, 1.165) is 38.0 Å². The molecule has 1 aliphatic rings. The molecule has 0 saturated carbocycles. The van der Waals surface area contributed by atoms with Gasteiger partial charge in [0.25, 0.3) is 5.91 Å². The van der Waals surface area contributed by atoms with Gasteiger partial charge in [0.15, 0.2) is 0 Å². The molecule has 1 aliphatic heterocycles. The molecule has 0 aromatic heterocycles. The van der Waals surface area contributed by atoms with Gasteiger partial charge in [-0.3, -0.25) is 14.5 Å². The van der Waals surface area contributed by atoms with Crippen LogP contribution in [-0.4, -0.2) is 50.1 Å². The van der Waals surface area contributed by atoms with Gasteiger partial charge in [0, 0.05) is 26.1 Å². The maximum Gasteiger partial charge on any atom is 0.253 e. The van der Waals surface area contributed by atoms with Crippen LogP contribution in [0.15, 0.2) is 42.5 Å². The standard InChI is InChI=1S/C23H27Cl2N3O3/c1-31-13-10-26-23(30)18-4-2-3-5-21(18)27-22(29)17-8-11-28(12-9-17)15-16-6-7-19(24)20(25)14-16/h2-7,14,17H,8-13,15H2,1H3,(H,26,30)(H,27,29). The molecule has 2 N–H and O–H groups in total. The third-order valence-electron chi connectivity index (χ3n) is 5.37. The summed E-state index contributed by atoms with van der Waals surface area (Å²) in [6, 6.07) is 12.7. The van der Waals surface area contributed by atoms with Crippen LogP contribution in [0.3, 0.4) is 0 Å². The predicted molar refractivity (Wildman–Crippen MR) is 124 cm³/mol. The van der Waals surface area contributed by atoms with E-state index in [-0.39, 0.29) is 17.7 Å². The number of nitrogens with one attached hydrogen (secondary N) is 2. The first-order chi connectivity index (χ1) is 15.0. The molecule has 2 amide bonds. The molecule has 1 saturated heterocycles. The monoisotopic (exact) mass is 463 g/mol. The predicted octanol–water partition coefficient (Wildman–Crippen LogP) is 4.22. The van der Waals surface area contributed by atoms with E-state index in [9.17, 15) is 9.59 Å². The van der Waals surface area contributed by atoms with E-state index >= 15 is 0 Å². The smallest absolute Gasteiger partial charge is 0.253 e. The Kier molecular flexibility index (Phi) is 8.72. The summed E-state index contributed by atoms with van der Waals surface area (Å²) < 4.78 is 4.96. The Balaban J connectivity index is 1.53. The number of nitrogens with zero attached hydrogens (tertiary/aromatic N) is 1. The second-order valence-corrected chi connectivity index (χ2v) is 8.40. The fourth-order valence-electron chi connectivity index (χ4n) is 3.64. The number of hydrogen-bond donors (Lipinski definition) is 2. The maximum absolute atomic E-state index is 12.8. The summed E-state index contributed by atoms with van der Waals surface area (Å²) in [4.78, 5) is 27.6.